The Morgan fingerprint density at radius 2 is 2.00 bits per heavy atom. The van der Waals surface area contributed by atoms with Gasteiger partial charge in [-0.2, -0.15) is 9.36 Å². The normalized spacial score (nSPS) is 14.7. The quantitative estimate of drug-likeness (QED) is 0.616. The van der Waals surface area contributed by atoms with Gasteiger partial charge in [-0.05, 0) is 50.2 Å². The van der Waals surface area contributed by atoms with Crippen molar-refractivity contribution < 1.29 is 9.15 Å². The summed E-state index contributed by atoms with van der Waals surface area (Å²) in [6, 6.07) is 3.79. The number of nitrogens with zero attached hydrogens (tertiary/aromatic N) is 3. The Labute approximate surface area is 158 Å². The van der Waals surface area contributed by atoms with Gasteiger partial charge in [0.15, 0.2) is 0 Å². The van der Waals surface area contributed by atoms with Crippen LogP contribution in [0.1, 0.15) is 58.1 Å². The highest BCUT2D eigenvalue weighted by molar-refractivity contribution is 7.10. The molecule has 1 saturated carbocycles. The van der Waals surface area contributed by atoms with Gasteiger partial charge in [0.1, 0.15) is 16.6 Å². The van der Waals surface area contributed by atoms with Gasteiger partial charge in [-0.3, -0.25) is 0 Å². The van der Waals surface area contributed by atoms with Crippen molar-refractivity contribution in [2.45, 2.75) is 65.4 Å². The second kappa shape index (κ2) is 8.98. The maximum Gasteiger partial charge on any atom is 0.263 e. The molecule has 0 aliphatic heterocycles. The summed E-state index contributed by atoms with van der Waals surface area (Å²) in [5.41, 5.74) is 2.33. The lowest BCUT2D eigenvalue weighted by molar-refractivity contribution is 0.149. The third-order valence-electron chi connectivity index (χ3n) is 3.97. The predicted molar refractivity (Wildman–Crippen MR) is 105 cm³/mol. The molecule has 0 radical (unpaired) electrons. The number of rotatable bonds is 4. The topological polar surface area (TPSA) is 73.1 Å². The summed E-state index contributed by atoms with van der Waals surface area (Å²) < 4.78 is 15.9. The molecule has 0 saturated heterocycles. The fraction of sp³-hybridized carbons (Fsp3) is 0.526. The molecule has 140 valence electrons. The van der Waals surface area contributed by atoms with Gasteiger partial charge >= 0.3 is 0 Å². The van der Waals surface area contributed by atoms with E-state index in [4.69, 9.17) is 9.15 Å². The van der Waals surface area contributed by atoms with Crippen molar-refractivity contribution in [3.8, 4) is 5.88 Å². The third-order valence-corrected chi connectivity index (χ3v) is 4.76. The minimum Gasteiger partial charge on any atom is -0.472 e. The molecule has 3 heterocycles. The Morgan fingerprint density at radius 1 is 1.23 bits per heavy atom. The molecule has 3 aromatic heterocycles. The summed E-state index contributed by atoms with van der Waals surface area (Å²) in [6.07, 6.45) is 8.94. The lowest BCUT2D eigenvalue weighted by atomic mass is 9.98. The largest absolute Gasteiger partial charge is 0.472 e. The number of anilines is 2. The third kappa shape index (κ3) is 4.72. The van der Waals surface area contributed by atoms with Crippen molar-refractivity contribution in [3.05, 3.63) is 24.1 Å². The smallest absolute Gasteiger partial charge is 0.263 e. The van der Waals surface area contributed by atoms with Crippen molar-refractivity contribution in [1.82, 2.24) is 14.3 Å². The summed E-state index contributed by atoms with van der Waals surface area (Å²) in [6.45, 7) is 6.21. The number of hydrogen-bond acceptors (Lipinski definition) is 7. The van der Waals surface area contributed by atoms with Gasteiger partial charge in [-0.1, -0.05) is 26.7 Å². The van der Waals surface area contributed by atoms with Gasteiger partial charge in [0, 0.05) is 6.07 Å². The van der Waals surface area contributed by atoms with E-state index in [2.05, 4.69) is 33.5 Å². The Hall–Kier alpha value is -2.15. The molecule has 1 N–H and O–H groups in total. The van der Waals surface area contributed by atoms with Crippen LogP contribution in [0.2, 0.25) is 0 Å². The first-order chi connectivity index (χ1) is 12.7. The number of furan rings is 1. The van der Waals surface area contributed by atoms with Crippen LogP contribution in [0.5, 0.6) is 5.88 Å². The molecule has 0 bridgehead atoms. The SMILES string of the molecule is CCC.Cc1cc(Nc2nc(OC3CCCCC3)c3occc3n2)sn1. The molecular weight excluding hydrogens is 348 g/mol. The molecule has 26 heavy (non-hydrogen) atoms. The Balaban J connectivity index is 0.000000613. The fourth-order valence-electron chi connectivity index (χ4n) is 2.85. The maximum atomic E-state index is 6.11. The Bertz CT molecular complexity index is 824. The highest BCUT2D eigenvalue weighted by atomic mass is 32.1. The van der Waals surface area contributed by atoms with E-state index < -0.39 is 0 Å². The van der Waals surface area contributed by atoms with E-state index in [0.717, 1.165) is 29.1 Å². The Morgan fingerprint density at radius 3 is 2.69 bits per heavy atom. The molecule has 0 spiro atoms. The monoisotopic (exact) mass is 374 g/mol. The van der Waals surface area contributed by atoms with E-state index in [0.29, 0.717) is 17.4 Å². The maximum absolute atomic E-state index is 6.11. The van der Waals surface area contributed by atoms with Gasteiger partial charge in [-0.25, -0.2) is 4.98 Å². The van der Waals surface area contributed by atoms with E-state index in [1.165, 1.54) is 37.2 Å². The molecule has 0 amide bonds. The van der Waals surface area contributed by atoms with Gasteiger partial charge in [-0.15, -0.1) is 0 Å². The van der Waals surface area contributed by atoms with Crippen LogP contribution in [0, 0.1) is 6.92 Å². The standard InChI is InChI=1S/C16H18N4O2S.C3H8/c1-10-9-13(23-20-10)18-16-17-12-7-8-21-14(12)15(19-16)22-11-5-3-2-4-6-11;1-3-2/h7-9,11H,2-6H2,1H3,(H,17,18,19);3H2,1-2H3. The number of nitrogens with one attached hydrogen (secondary N) is 1. The van der Waals surface area contributed by atoms with Gasteiger partial charge in [0.25, 0.3) is 5.88 Å². The predicted octanol–water partition coefficient (Wildman–Crippen LogP) is 5.86. The number of fused-ring (bicyclic) bond motifs is 1. The van der Waals surface area contributed by atoms with Crippen molar-refractivity contribution in [2.75, 3.05) is 5.32 Å². The molecule has 7 heteroatoms. The van der Waals surface area contributed by atoms with E-state index in [1.807, 2.05) is 19.1 Å². The van der Waals surface area contributed by atoms with Crippen molar-refractivity contribution >= 4 is 33.6 Å². The van der Waals surface area contributed by atoms with Crippen LogP contribution in [-0.2, 0) is 0 Å². The van der Waals surface area contributed by atoms with Gasteiger partial charge < -0.3 is 14.5 Å². The minimum atomic E-state index is 0.213. The van der Waals surface area contributed by atoms with Crippen LogP contribution >= 0.6 is 11.5 Å². The van der Waals surface area contributed by atoms with Crippen molar-refractivity contribution in [1.29, 1.82) is 0 Å². The molecular formula is C19H26N4O2S. The highest BCUT2D eigenvalue weighted by Crippen LogP contribution is 2.30. The number of ether oxygens (including phenoxy) is 1. The number of aromatic nitrogens is 3. The van der Waals surface area contributed by atoms with E-state index in [9.17, 15) is 0 Å². The van der Waals surface area contributed by atoms with Crippen LogP contribution in [0.15, 0.2) is 22.8 Å². The molecule has 1 fully saturated rings. The first kappa shape index (κ1) is 18.6. The van der Waals surface area contributed by atoms with E-state index >= 15 is 0 Å². The number of hydrogen-bond donors (Lipinski definition) is 1. The Kier molecular flexibility index (Phi) is 6.44. The van der Waals surface area contributed by atoms with Crippen LogP contribution in [0.25, 0.3) is 11.1 Å². The molecule has 0 unspecified atom stereocenters. The fourth-order valence-corrected chi connectivity index (χ4v) is 3.50. The summed E-state index contributed by atoms with van der Waals surface area (Å²) in [5, 5.41) is 4.11. The van der Waals surface area contributed by atoms with Gasteiger partial charge in [0.2, 0.25) is 11.5 Å². The number of aryl methyl sites for hydroxylation is 1. The average molecular weight is 375 g/mol. The van der Waals surface area contributed by atoms with Gasteiger partial charge in [0.05, 0.1) is 12.0 Å². The molecule has 1 aliphatic rings. The zero-order valence-corrected chi connectivity index (χ0v) is 16.4. The van der Waals surface area contributed by atoms with Crippen LogP contribution in [0.3, 0.4) is 0 Å². The molecule has 1 aliphatic carbocycles. The molecule has 4 rings (SSSR count). The highest BCUT2D eigenvalue weighted by Gasteiger charge is 2.19. The second-order valence-corrected chi connectivity index (χ2v) is 7.33. The molecule has 0 atom stereocenters. The van der Waals surface area contributed by atoms with Crippen molar-refractivity contribution in [2.24, 2.45) is 0 Å². The lowest BCUT2D eigenvalue weighted by Crippen LogP contribution is -2.20. The zero-order valence-electron chi connectivity index (χ0n) is 15.6. The molecule has 0 aromatic carbocycles. The molecule has 3 aromatic rings. The van der Waals surface area contributed by atoms with E-state index in [1.54, 1.807) is 6.26 Å². The van der Waals surface area contributed by atoms with Crippen LogP contribution in [-0.4, -0.2) is 20.4 Å². The van der Waals surface area contributed by atoms with Crippen molar-refractivity contribution in [3.63, 3.8) is 0 Å². The lowest BCUT2D eigenvalue weighted by Gasteiger charge is -2.22. The minimum absolute atomic E-state index is 0.213. The summed E-state index contributed by atoms with van der Waals surface area (Å²) in [4.78, 5) is 8.99. The first-order valence-electron chi connectivity index (χ1n) is 9.31. The average Bonchev–Trinajstić information content (AvgIpc) is 3.25. The summed E-state index contributed by atoms with van der Waals surface area (Å²) >= 11 is 1.39. The second-order valence-electron chi connectivity index (χ2n) is 6.53. The van der Waals surface area contributed by atoms with E-state index in [-0.39, 0.29) is 6.10 Å². The first-order valence-corrected chi connectivity index (χ1v) is 10.1. The van der Waals surface area contributed by atoms with Crippen LogP contribution < -0.4 is 10.1 Å². The zero-order chi connectivity index (χ0) is 18.4. The summed E-state index contributed by atoms with van der Waals surface area (Å²) in [5.74, 6) is 1.03. The van der Waals surface area contributed by atoms with Crippen LogP contribution in [0.4, 0.5) is 10.9 Å². The summed E-state index contributed by atoms with van der Waals surface area (Å²) in [7, 11) is 0. The molecule has 6 nitrogen and oxygen atoms in total.